The summed E-state index contributed by atoms with van der Waals surface area (Å²) >= 11 is 0. The van der Waals surface area contributed by atoms with Gasteiger partial charge in [0.15, 0.2) is 0 Å². The highest BCUT2D eigenvalue weighted by atomic mass is 16.5. The summed E-state index contributed by atoms with van der Waals surface area (Å²) in [7, 11) is 0. The number of likely N-dealkylation sites (tertiary alicyclic amines) is 1. The lowest BCUT2D eigenvalue weighted by Crippen LogP contribution is -2.43. The molecule has 4 atom stereocenters. The van der Waals surface area contributed by atoms with Crippen LogP contribution in [0.2, 0.25) is 0 Å². The van der Waals surface area contributed by atoms with E-state index in [-0.39, 0.29) is 42.2 Å². The third-order valence-electron chi connectivity index (χ3n) is 5.67. The molecule has 1 saturated carbocycles. The average Bonchev–Trinajstić information content (AvgIpc) is 2.95. The molecule has 0 unspecified atom stereocenters. The summed E-state index contributed by atoms with van der Waals surface area (Å²) in [6.45, 7) is 2.37. The monoisotopic (exact) mass is 369 g/mol. The predicted molar refractivity (Wildman–Crippen MR) is 98.8 cm³/mol. The van der Waals surface area contributed by atoms with Gasteiger partial charge in [0.25, 0.3) is 0 Å². The van der Waals surface area contributed by atoms with Crippen molar-refractivity contribution in [2.75, 3.05) is 18.6 Å². The van der Waals surface area contributed by atoms with Gasteiger partial charge in [-0.15, -0.1) is 0 Å². The normalized spacial score (nSPS) is 28.3. The summed E-state index contributed by atoms with van der Waals surface area (Å²) in [5, 5.41) is 5.31. The molecule has 1 saturated heterocycles. The SMILES string of the molecule is CCOc1ccc(NC(=O)NCN2C(=O)[C@@H]3[C@H](C2=O)[C@H]2C=C[C@H]3CC2)cc1. The summed E-state index contributed by atoms with van der Waals surface area (Å²) in [6.07, 6.45) is 6.08. The molecular weight excluding hydrogens is 346 g/mol. The molecule has 27 heavy (non-hydrogen) atoms. The Bertz CT molecular complexity index is 757. The van der Waals surface area contributed by atoms with Crippen LogP contribution in [0.1, 0.15) is 19.8 Å². The number of rotatable bonds is 5. The minimum atomic E-state index is -0.462. The maximum atomic E-state index is 12.7. The highest BCUT2D eigenvalue weighted by Gasteiger charge is 2.56. The van der Waals surface area contributed by atoms with Crippen molar-refractivity contribution in [1.29, 1.82) is 0 Å². The number of hydrogen-bond donors (Lipinski definition) is 2. The summed E-state index contributed by atoms with van der Waals surface area (Å²) in [5.74, 6) is 0.200. The summed E-state index contributed by atoms with van der Waals surface area (Å²) in [4.78, 5) is 38.7. The summed E-state index contributed by atoms with van der Waals surface area (Å²) in [6, 6.07) is 6.53. The molecule has 7 nitrogen and oxygen atoms in total. The Kier molecular flexibility index (Phi) is 4.59. The Balaban J connectivity index is 1.34. The van der Waals surface area contributed by atoms with E-state index in [1.807, 2.05) is 6.92 Å². The maximum absolute atomic E-state index is 12.7. The predicted octanol–water partition coefficient (Wildman–Crippen LogP) is 2.36. The van der Waals surface area contributed by atoms with Gasteiger partial charge in [-0.05, 0) is 55.9 Å². The van der Waals surface area contributed by atoms with Crippen molar-refractivity contribution in [2.45, 2.75) is 19.8 Å². The van der Waals surface area contributed by atoms with Crippen LogP contribution in [-0.2, 0) is 9.59 Å². The Morgan fingerprint density at radius 2 is 1.67 bits per heavy atom. The highest BCUT2D eigenvalue weighted by Crippen LogP contribution is 2.49. The number of amides is 4. The first-order valence-electron chi connectivity index (χ1n) is 9.39. The van der Waals surface area contributed by atoms with E-state index in [1.54, 1.807) is 24.3 Å². The molecule has 1 aromatic carbocycles. The van der Waals surface area contributed by atoms with Crippen molar-refractivity contribution in [1.82, 2.24) is 10.2 Å². The Morgan fingerprint density at radius 1 is 1.07 bits per heavy atom. The topological polar surface area (TPSA) is 87.7 Å². The van der Waals surface area contributed by atoms with Gasteiger partial charge >= 0.3 is 6.03 Å². The van der Waals surface area contributed by atoms with Crippen molar-refractivity contribution in [3.8, 4) is 5.75 Å². The molecule has 2 N–H and O–H groups in total. The minimum absolute atomic E-state index is 0.104. The molecule has 1 heterocycles. The average molecular weight is 369 g/mol. The molecule has 5 rings (SSSR count). The molecule has 1 aromatic rings. The number of carbonyl (C=O) groups is 3. The van der Waals surface area contributed by atoms with Crippen LogP contribution in [0.5, 0.6) is 5.75 Å². The molecule has 0 spiro atoms. The van der Waals surface area contributed by atoms with E-state index in [4.69, 9.17) is 4.74 Å². The molecule has 0 radical (unpaired) electrons. The van der Waals surface area contributed by atoms with Crippen LogP contribution in [0.3, 0.4) is 0 Å². The van der Waals surface area contributed by atoms with Crippen LogP contribution in [0.25, 0.3) is 0 Å². The number of benzene rings is 1. The van der Waals surface area contributed by atoms with Gasteiger partial charge in [-0.1, -0.05) is 12.2 Å². The molecule has 4 amide bonds. The van der Waals surface area contributed by atoms with Crippen LogP contribution < -0.4 is 15.4 Å². The third-order valence-corrected chi connectivity index (χ3v) is 5.67. The molecular formula is C20H23N3O4. The zero-order valence-electron chi connectivity index (χ0n) is 15.2. The number of hydrogen-bond acceptors (Lipinski definition) is 4. The van der Waals surface area contributed by atoms with Crippen molar-refractivity contribution in [3.05, 3.63) is 36.4 Å². The minimum Gasteiger partial charge on any atom is -0.494 e. The molecule has 0 aromatic heterocycles. The number of nitrogens with zero attached hydrogens (tertiary/aromatic N) is 1. The second-order valence-corrected chi connectivity index (χ2v) is 7.19. The van der Waals surface area contributed by atoms with Gasteiger partial charge in [-0.2, -0.15) is 0 Å². The smallest absolute Gasteiger partial charge is 0.320 e. The van der Waals surface area contributed by atoms with Crippen molar-refractivity contribution < 1.29 is 19.1 Å². The second-order valence-electron chi connectivity index (χ2n) is 7.19. The fourth-order valence-electron chi connectivity index (χ4n) is 4.42. The van der Waals surface area contributed by atoms with Crippen LogP contribution in [0, 0.1) is 23.7 Å². The number of fused-ring (bicyclic) bond motifs is 1. The molecule has 142 valence electrons. The van der Waals surface area contributed by atoms with E-state index in [0.29, 0.717) is 12.3 Å². The van der Waals surface area contributed by atoms with Crippen LogP contribution in [-0.4, -0.2) is 36.0 Å². The number of ether oxygens (including phenoxy) is 1. The zero-order chi connectivity index (χ0) is 19.0. The Labute approximate surface area is 157 Å². The van der Waals surface area contributed by atoms with E-state index in [9.17, 15) is 14.4 Å². The third kappa shape index (κ3) is 3.18. The molecule has 4 aliphatic rings. The van der Waals surface area contributed by atoms with Gasteiger partial charge in [0.1, 0.15) is 12.4 Å². The first-order valence-corrected chi connectivity index (χ1v) is 9.39. The van der Waals surface area contributed by atoms with E-state index >= 15 is 0 Å². The molecule has 7 heteroatoms. The first-order chi connectivity index (χ1) is 13.1. The van der Waals surface area contributed by atoms with E-state index in [0.717, 1.165) is 18.6 Å². The van der Waals surface area contributed by atoms with E-state index in [1.165, 1.54) is 4.90 Å². The lowest BCUT2D eigenvalue weighted by molar-refractivity contribution is -0.140. The number of carbonyl (C=O) groups excluding carboxylic acids is 3. The standard InChI is InChI=1S/C20H23N3O4/c1-2-27-15-9-7-14(8-10-15)22-20(26)21-11-23-18(24)16-12-3-4-13(6-5-12)17(16)19(23)25/h3-4,7-10,12-13,16-17H,2,5-6,11H2,1H3,(H2,21,22,26)/t12-,13-,16-,17+/m0/s1. The lowest BCUT2D eigenvalue weighted by Gasteiger charge is -2.38. The quantitative estimate of drug-likeness (QED) is 0.616. The molecule has 3 aliphatic carbocycles. The molecule has 2 bridgehead atoms. The number of imide groups is 1. The van der Waals surface area contributed by atoms with Gasteiger partial charge in [0.05, 0.1) is 18.4 Å². The zero-order valence-corrected chi connectivity index (χ0v) is 15.2. The van der Waals surface area contributed by atoms with Gasteiger partial charge in [-0.3, -0.25) is 14.5 Å². The Morgan fingerprint density at radius 3 is 2.19 bits per heavy atom. The van der Waals surface area contributed by atoms with Gasteiger partial charge < -0.3 is 15.4 Å². The van der Waals surface area contributed by atoms with Crippen LogP contribution in [0.4, 0.5) is 10.5 Å². The first kappa shape index (κ1) is 17.6. The fraction of sp³-hybridized carbons (Fsp3) is 0.450. The Hall–Kier alpha value is -2.83. The van der Waals surface area contributed by atoms with Crippen LogP contribution >= 0.6 is 0 Å². The fourth-order valence-corrected chi connectivity index (χ4v) is 4.42. The van der Waals surface area contributed by atoms with Gasteiger partial charge in [0, 0.05) is 5.69 Å². The van der Waals surface area contributed by atoms with E-state index in [2.05, 4.69) is 22.8 Å². The number of nitrogens with one attached hydrogen (secondary N) is 2. The largest absolute Gasteiger partial charge is 0.494 e. The number of allylic oxidation sites excluding steroid dienone is 2. The summed E-state index contributed by atoms with van der Waals surface area (Å²) in [5.41, 5.74) is 0.603. The molecule has 1 aliphatic heterocycles. The maximum Gasteiger partial charge on any atom is 0.320 e. The highest BCUT2D eigenvalue weighted by molar-refractivity contribution is 6.06. The van der Waals surface area contributed by atoms with Crippen molar-refractivity contribution in [3.63, 3.8) is 0 Å². The second kappa shape index (κ2) is 7.06. The van der Waals surface area contributed by atoms with E-state index < -0.39 is 6.03 Å². The van der Waals surface area contributed by atoms with Crippen molar-refractivity contribution in [2.24, 2.45) is 23.7 Å². The van der Waals surface area contributed by atoms with Gasteiger partial charge in [-0.25, -0.2) is 4.79 Å². The number of anilines is 1. The molecule has 2 fully saturated rings. The lowest BCUT2D eigenvalue weighted by atomic mass is 9.63. The van der Waals surface area contributed by atoms with Crippen molar-refractivity contribution >= 4 is 23.5 Å². The van der Waals surface area contributed by atoms with Gasteiger partial charge in [0.2, 0.25) is 11.8 Å². The summed E-state index contributed by atoms with van der Waals surface area (Å²) < 4.78 is 5.36. The number of urea groups is 1. The van der Waals surface area contributed by atoms with Crippen LogP contribution in [0.15, 0.2) is 36.4 Å².